The van der Waals surface area contributed by atoms with Crippen molar-refractivity contribution >= 4 is 11.9 Å². The normalized spacial score (nSPS) is 12.0. The van der Waals surface area contributed by atoms with E-state index in [-0.39, 0.29) is 35.4 Å². The number of hydrogen-bond donors (Lipinski definition) is 3. The molecular weight excluding hydrogens is 332 g/mol. The summed E-state index contributed by atoms with van der Waals surface area (Å²) in [5, 5.41) is 11.8. The number of aromatic amines is 1. The lowest BCUT2D eigenvalue weighted by Gasteiger charge is -2.19. The Morgan fingerprint density at radius 2 is 1.85 bits per heavy atom. The Labute approximate surface area is 152 Å². The number of aliphatic carboxylic acids is 1. The van der Waals surface area contributed by atoms with Gasteiger partial charge in [0.25, 0.3) is 5.91 Å². The van der Waals surface area contributed by atoms with Gasteiger partial charge in [-0.3, -0.25) is 14.4 Å². The fraction of sp³-hybridized carbons (Fsp3) is 0.350. The zero-order valence-corrected chi connectivity index (χ0v) is 15.0. The van der Waals surface area contributed by atoms with E-state index in [2.05, 4.69) is 10.3 Å². The third-order valence-electron chi connectivity index (χ3n) is 4.12. The molecule has 3 N–H and O–H groups in total. The van der Waals surface area contributed by atoms with E-state index in [0.717, 1.165) is 5.56 Å². The number of carbonyl (C=O) groups is 2. The van der Waals surface area contributed by atoms with Crippen molar-refractivity contribution in [2.24, 2.45) is 0 Å². The molecule has 0 radical (unpaired) electrons. The molecule has 6 heteroatoms. The Kier molecular flexibility index (Phi) is 6.72. The van der Waals surface area contributed by atoms with Crippen molar-refractivity contribution in [3.05, 3.63) is 69.6 Å². The van der Waals surface area contributed by atoms with Crippen LogP contribution in [0.1, 0.15) is 54.2 Å². The first-order valence-corrected chi connectivity index (χ1v) is 8.66. The molecule has 0 bridgehead atoms. The van der Waals surface area contributed by atoms with E-state index >= 15 is 0 Å². The number of carboxylic acid groups (broad SMARTS) is 1. The number of benzene rings is 1. The number of hydrogen-bond acceptors (Lipinski definition) is 3. The average molecular weight is 356 g/mol. The molecule has 0 fully saturated rings. The van der Waals surface area contributed by atoms with Crippen molar-refractivity contribution in [2.75, 3.05) is 0 Å². The number of carboxylic acids is 1. The van der Waals surface area contributed by atoms with Crippen LogP contribution in [0, 0.1) is 0 Å². The van der Waals surface area contributed by atoms with Crippen LogP contribution >= 0.6 is 0 Å². The third-order valence-corrected chi connectivity index (χ3v) is 4.12. The highest BCUT2D eigenvalue weighted by molar-refractivity contribution is 5.94. The predicted octanol–water partition coefficient (Wildman–Crippen LogP) is 2.70. The average Bonchev–Trinajstić information content (AvgIpc) is 2.59. The Hall–Kier alpha value is -2.89. The molecule has 1 aromatic carbocycles. The molecule has 0 spiro atoms. The van der Waals surface area contributed by atoms with Crippen LogP contribution in [0.2, 0.25) is 0 Å². The van der Waals surface area contributed by atoms with Gasteiger partial charge in [-0.25, -0.2) is 0 Å². The fourth-order valence-electron chi connectivity index (χ4n) is 2.70. The molecular formula is C20H24N2O4. The lowest BCUT2D eigenvalue weighted by Crippen LogP contribution is -2.37. The summed E-state index contributed by atoms with van der Waals surface area (Å²) in [7, 11) is 0. The second-order valence-corrected chi connectivity index (χ2v) is 6.64. The molecule has 1 atom stereocenters. The molecule has 138 valence electrons. The minimum absolute atomic E-state index is 0.0373. The summed E-state index contributed by atoms with van der Waals surface area (Å²) >= 11 is 0. The Bertz CT molecular complexity index is 812. The molecule has 1 unspecified atom stereocenters. The first kappa shape index (κ1) is 19.4. The standard InChI is InChI=1S/C20H24N2O4/c1-13(2)17-11-15(12-18(23)22-17)20(26)21-16(8-9-19(24)25)10-14-6-4-3-5-7-14/h3-7,11-13,16H,8-10H2,1-2H3,(H,21,26)(H,22,23)(H,24,25). The largest absolute Gasteiger partial charge is 0.481 e. The van der Waals surface area contributed by atoms with Gasteiger partial charge in [0.1, 0.15) is 0 Å². The lowest BCUT2D eigenvalue weighted by molar-refractivity contribution is -0.137. The summed E-state index contributed by atoms with van der Waals surface area (Å²) in [6, 6.07) is 12.2. The first-order valence-electron chi connectivity index (χ1n) is 8.66. The number of pyridine rings is 1. The van der Waals surface area contributed by atoms with Gasteiger partial charge in [0.15, 0.2) is 0 Å². The van der Waals surface area contributed by atoms with Crippen LogP contribution in [0.4, 0.5) is 0 Å². The molecule has 0 aliphatic carbocycles. The minimum Gasteiger partial charge on any atom is -0.481 e. The van der Waals surface area contributed by atoms with Gasteiger partial charge in [-0.15, -0.1) is 0 Å². The van der Waals surface area contributed by atoms with Crippen molar-refractivity contribution in [3.63, 3.8) is 0 Å². The summed E-state index contributed by atoms with van der Waals surface area (Å²) in [6.07, 6.45) is 0.806. The van der Waals surface area contributed by atoms with Crippen LogP contribution < -0.4 is 10.9 Å². The van der Waals surface area contributed by atoms with Crippen molar-refractivity contribution in [1.29, 1.82) is 0 Å². The molecule has 26 heavy (non-hydrogen) atoms. The summed E-state index contributed by atoms with van der Waals surface area (Å²) in [4.78, 5) is 38.0. The van der Waals surface area contributed by atoms with Gasteiger partial charge in [0.05, 0.1) is 0 Å². The zero-order chi connectivity index (χ0) is 19.1. The Balaban J connectivity index is 2.17. The maximum absolute atomic E-state index is 12.6. The van der Waals surface area contributed by atoms with Crippen molar-refractivity contribution in [2.45, 2.75) is 45.1 Å². The maximum atomic E-state index is 12.6. The molecule has 1 aromatic heterocycles. The van der Waals surface area contributed by atoms with Crippen molar-refractivity contribution in [3.8, 4) is 0 Å². The molecule has 2 rings (SSSR count). The molecule has 0 saturated heterocycles. The Morgan fingerprint density at radius 3 is 2.46 bits per heavy atom. The first-order chi connectivity index (χ1) is 12.3. The smallest absolute Gasteiger partial charge is 0.303 e. The topological polar surface area (TPSA) is 99.3 Å². The van der Waals surface area contributed by atoms with E-state index in [1.54, 1.807) is 6.07 Å². The number of carbonyl (C=O) groups excluding carboxylic acids is 1. The van der Waals surface area contributed by atoms with E-state index in [1.807, 2.05) is 44.2 Å². The van der Waals surface area contributed by atoms with E-state index in [0.29, 0.717) is 18.5 Å². The van der Waals surface area contributed by atoms with Gasteiger partial charge < -0.3 is 15.4 Å². The third kappa shape index (κ3) is 5.88. The van der Waals surface area contributed by atoms with Gasteiger partial charge in [-0.05, 0) is 30.4 Å². The van der Waals surface area contributed by atoms with Crippen LogP contribution in [0.3, 0.4) is 0 Å². The molecule has 1 heterocycles. The zero-order valence-electron chi connectivity index (χ0n) is 15.0. The number of rotatable bonds is 8. The highest BCUT2D eigenvalue weighted by atomic mass is 16.4. The Morgan fingerprint density at radius 1 is 1.15 bits per heavy atom. The monoisotopic (exact) mass is 356 g/mol. The molecule has 1 amide bonds. The van der Waals surface area contributed by atoms with E-state index in [1.165, 1.54) is 6.07 Å². The maximum Gasteiger partial charge on any atom is 0.303 e. The number of H-pyrrole nitrogens is 1. The summed E-state index contributed by atoms with van der Waals surface area (Å²) in [6.45, 7) is 3.86. The molecule has 0 aliphatic heterocycles. The summed E-state index contributed by atoms with van der Waals surface area (Å²) < 4.78 is 0. The van der Waals surface area contributed by atoms with Gasteiger partial charge in [-0.1, -0.05) is 44.2 Å². The van der Waals surface area contributed by atoms with Gasteiger partial charge in [-0.2, -0.15) is 0 Å². The van der Waals surface area contributed by atoms with Crippen LogP contribution in [0.25, 0.3) is 0 Å². The SMILES string of the molecule is CC(C)c1cc(C(=O)NC(CCC(=O)O)Cc2ccccc2)cc(=O)[nH]1. The van der Waals surface area contributed by atoms with Crippen LogP contribution in [0.15, 0.2) is 47.3 Å². The predicted molar refractivity (Wildman–Crippen MR) is 99.4 cm³/mol. The van der Waals surface area contributed by atoms with Crippen molar-refractivity contribution < 1.29 is 14.7 Å². The van der Waals surface area contributed by atoms with E-state index < -0.39 is 5.97 Å². The van der Waals surface area contributed by atoms with E-state index in [4.69, 9.17) is 5.11 Å². The molecule has 6 nitrogen and oxygen atoms in total. The fourth-order valence-corrected chi connectivity index (χ4v) is 2.70. The second-order valence-electron chi connectivity index (χ2n) is 6.64. The number of nitrogens with one attached hydrogen (secondary N) is 2. The quantitative estimate of drug-likeness (QED) is 0.677. The van der Waals surface area contributed by atoms with Crippen LogP contribution in [-0.4, -0.2) is 28.0 Å². The minimum atomic E-state index is -0.907. The molecule has 0 saturated carbocycles. The molecule has 2 aromatic rings. The van der Waals surface area contributed by atoms with E-state index in [9.17, 15) is 14.4 Å². The van der Waals surface area contributed by atoms with Gasteiger partial charge >= 0.3 is 5.97 Å². The number of aromatic nitrogens is 1. The van der Waals surface area contributed by atoms with Crippen LogP contribution in [0.5, 0.6) is 0 Å². The van der Waals surface area contributed by atoms with Crippen LogP contribution in [-0.2, 0) is 11.2 Å². The number of amides is 1. The highest BCUT2D eigenvalue weighted by Gasteiger charge is 2.17. The van der Waals surface area contributed by atoms with Crippen molar-refractivity contribution in [1.82, 2.24) is 10.3 Å². The lowest BCUT2D eigenvalue weighted by atomic mass is 10.0. The van der Waals surface area contributed by atoms with Gasteiger partial charge in [0, 0.05) is 29.8 Å². The molecule has 0 aliphatic rings. The summed E-state index contributed by atoms with van der Waals surface area (Å²) in [5.41, 5.74) is 1.65. The highest BCUT2D eigenvalue weighted by Crippen LogP contribution is 2.13. The summed E-state index contributed by atoms with van der Waals surface area (Å²) in [5.74, 6) is -1.19. The van der Waals surface area contributed by atoms with Gasteiger partial charge in [0.2, 0.25) is 5.56 Å². The second kappa shape index (κ2) is 8.99.